The van der Waals surface area contributed by atoms with Crippen molar-refractivity contribution >= 4 is 16.8 Å². The number of benzene rings is 2. The summed E-state index contributed by atoms with van der Waals surface area (Å²) in [5, 5.41) is 2.79. The molecule has 2 amide bonds. The van der Waals surface area contributed by atoms with E-state index < -0.39 is 10.8 Å². The number of rotatable bonds is 7. The first kappa shape index (κ1) is 18.0. The van der Waals surface area contributed by atoms with E-state index in [1.165, 1.54) is 0 Å². The molecule has 0 heterocycles. The molecule has 1 N–H and O–H groups in total. The van der Waals surface area contributed by atoms with E-state index >= 15 is 0 Å². The number of hydrogen-bond donors (Lipinski definition) is 1. The zero-order chi connectivity index (χ0) is 17.4. The Hall–Kier alpha value is -2.34. The first-order chi connectivity index (χ1) is 11.6. The Morgan fingerprint density at radius 3 is 2.62 bits per heavy atom. The van der Waals surface area contributed by atoms with Gasteiger partial charge in [0.15, 0.2) is 0 Å². The van der Waals surface area contributed by atoms with Gasteiger partial charge in [-0.1, -0.05) is 30.3 Å². The van der Waals surface area contributed by atoms with Gasteiger partial charge in [0, 0.05) is 30.8 Å². The zero-order valence-electron chi connectivity index (χ0n) is 13.9. The highest BCUT2D eigenvalue weighted by Gasteiger charge is 2.10. The van der Waals surface area contributed by atoms with E-state index in [9.17, 15) is 9.00 Å². The van der Waals surface area contributed by atoms with Gasteiger partial charge < -0.3 is 15.0 Å². The molecule has 6 heteroatoms. The van der Waals surface area contributed by atoms with Crippen molar-refractivity contribution in [1.29, 1.82) is 0 Å². The van der Waals surface area contributed by atoms with Gasteiger partial charge >= 0.3 is 6.03 Å². The topological polar surface area (TPSA) is 58.6 Å². The van der Waals surface area contributed by atoms with E-state index in [-0.39, 0.29) is 6.03 Å². The van der Waals surface area contributed by atoms with Crippen molar-refractivity contribution in [2.24, 2.45) is 0 Å². The van der Waals surface area contributed by atoms with Crippen LogP contribution in [-0.4, -0.2) is 41.6 Å². The molecule has 0 aliphatic carbocycles. The molecule has 24 heavy (non-hydrogen) atoms. The summed E-state index contributed by atoms with van der Waals surface area (Å²) in [6.07, 6.45) is 0. The largest absolute Gasteiger partial charge is 0.497 e. The van der Waals surface area contributed by atoms with Crippen LogP contribution in [0.3, 0.4) is 0 Å². The number of carbonyl (C=O) groups is 1. The van der Waals surface area contributed by atoms with E-state index in [1.54, 1.807) is 19.1 Å². The number of nitrogens with zero attached hydrogens (tertiary/aromatic N) is 1. The van der Waals surface area contributed by atoms with Crippen LogP contribution in [0.2, 0.25) is 0 Å². The fourth-order valence-electron chi connectivity index (χ4n) is 2.19. The lowest BCUT2D eigenvalue weighted by atomic mass is 10.2. The molecule has 128 valence electrons. The fraction of sp³-hybridized carbons (Fsp3) is 0.278. The Morgan fingerprint density at radius 1 is 1.17 bits per heavy atom. The molecule has 0 spiro atoms. The summed E-state index contributed by atoms with van der Waals surface area (Å²) in [6, 6.07) is 16.6. The van der Waals surface area contributed by atoms with Crippen molar-refractivity contribution in [3.8, 4) is 5.75 Å². The molecule has 0 aliphatic heterocycles. The van der Waals surface area contributed by atoms with E-state index in [2.05, 4.69) is 5.32 Å². The third-order valence-corrected chi connectivity index (χ3v) is 4.84. The zero-order valence-corrected chi connectivity index (χ0v) is 14.7. The summed E-state index contributed by atoms with van der Waals surface area (Å²) in [4.78, 5) is 14.5. The minimum absolute atomic E-state index is 0.192. The fourth-order valence-corrected chi connectivity index (χ4v) is 3.18. The highest BCUT2D eigenvalue weighted by Crippen LogP contribution is 2.13. The average Bonchev–Trinajstić information content (AvgIpc) is 2.62. The third kappa shape index (κ3) is 5.38. The molecule has 0 aliphatic rings. The summed E-state index contributed by atoms with van der Waals surface area (Å²) >= 11 is 0. The van der Waals surface area contributed by atoms with Crippen molar-refractivity contribution < 1.29 is 13.7 Å². The molecule has 0 radical (unpaired) electrons. The van der Waals surface area contributed by atoms with E-state index in [4.69, 9.17) is 4.74 Å². The van der Waals surface area contributed by atoms with Gasteiger partial charge in [-0.3, -0.25) is 4.21 Å². The summed E-state index contributed by atoms with van der Waals surface area (Å²) in [6.45, 7) is 0.841. The Morgan fingerprint density at radius 2 is 1.92 bits per heavy atom. The predicted octanol–water partition coefficient (Wildman–Crippen LogP) is 2.64. The summed E-state index contributed by atoms with van der Waals surface area (Å²) in [5.74, 6) is 1.16. The van der Waals surface area contributed by atoms with Crippen LogP contribution in [0.5, 0.6) is 5.75 Å². The van der Waals surface area contributed by atoms with Crippen molar-refractivity contribution in [2.75, 3.05) is 26.5 Å². The van der Waals surface area contributed by atoms with Gasteiger partial charge in [-0.2, -0.15) is 0 Å². The summed E-state index contributed by atoms with van der Waals surface area (Å²) < 4.78 is 17.3. The molecule has 0 fully saturated rings. The highest BCUT2D eigenvalue weighted by molar-refractivity contribution is 7.85. The van der Waals surface area contributed by atoms with E-state index in [0.29, 0.717) is 18.8 Å². The smallest absolute Gasteiger partial charge is 0.317 e. The molecule has 0 saturated heterocycles. The van der Waals surface area contributed by atoms with E-state index in [0.717, 1.165) is 16.2 Å². The van der Waals surface area contributed by atoms with Crippen LogP contribution >= 0.6 is 0 Å². The monoisotopic (exact) mass is 346 g/mol. The number of carbonyl (C=O) groups excluding carboxylic acids is 1. The normalized spacial score (nSPS) is 11.6. The van der Waals surface area contributed by atoms with Gasteiger partial charge in [0.1, 0.15) is 5.75 Å². The van der Waals surface area contributed by atoms with Crippen LogP contribution < -0.4 is 10.1 Å². The Kier molecular flexibility index (Phi) is 6.81. The van der Waals surface area contributed by atoms with Crippen LogP contribution in [0.15, 0.2) is 59.5 Å². The van der Waals surface area contributed by atoms with Gasteiger partial charge in [0.05, 0.1) is 17.9 Å². The second-order valence-corrected chi connectivity index (χ2v) is 6.87. The van der Waals surface area contributed by atoms with Crippen LogP contribution in [0.25, 0.3) is 0 Å². The number of urea groups is 1. The maximum atomic E-state index is 12.1. The SMILES string of the molecule is COc1cccc(CN(C)C(=O)NCCS(=O)c2ccccc2)c1. The minimum Gasteiger partial charge on any atom is -0.497 e. The van der Waals surface area contributed by atoms with Gasteiger partial charge in [-0.15, -0.1) is 0 Å². The quantitative estimate of drug-likeness (QED) is 0.838. The molecule has 5 nitrogen and oxygen atoms in total. The van der Waals surface area contributed by atoms with Crippen LogP contribution in [0, 0.1) is 0 Å². The molecule has 0 bridgehead atoms. The number of methoxy groups -OCH3 is 1. The van der Waals surface area contributed by atoms with Gasteiger partial charge in [0.25, 0.3) is 0 Å². The van der Waals surface area contributed by atoms with Gasteiger partial charge in [-0.05, 0) is 29.8 Å². The molecule has 2 aromatic rings. The number of ether oxygens (including phenoxy) is 1. The van der Waals surface area contributed by atoms with Crippen LogP contribution in [-0.2, 0) is 17.3 Å². The lowest BCUT2D eigenvalue weighted by Gasteiger charge is -2.18. The average molecular weight is 346 g/mol. The molecule has 0 aromatic heterocycles. The predicted molar refractivity (Wildman–Crippen MR) is 95.6 cm³/mol. The third-order valence-electron chi connectivity index (χ3n) is 3.47. The molecular weight excluding hydrogens is 324 g/mol. The standard InChI is InChI=1S/C18H22N2O3S/c1-20(14-15-7-6-8-16(13-15)23-2)18(21)19-11-12-24(22)17-9-4-3-5-10-17/h3-10,13H,11-12,14H2,1-2H3,(H,19,21). The Bertz CT molecular complexity index is 692. The Labute approximate surface area is 145 Å². The maximum absolute atomic E-state index is 12.1. The first-order valence-electron chi connectivity index (χ1n) is 7.65. The lowest BCUT2D eigenvalue weighted by Crippen LogP contribution is -2.38. The second-order valence-electron chi connectivity index (χ2n) is 5.30. The molecule has 2 rings (SSSR count). The molecule has 2 aromatic carbocycles. The first-order valence-corrected chi connectivity index (χ1v) is 8.97. The number of hydrogen-bond acceptors (Lipinski definition) is 3. The maximum Gasteiger partial charge on any atom is 0.317 e. The van der Waals surface area contributed by atoms with Crippen molar-refractivity contribution in [3.05, 3.63) is 60.2 Å². The Balaban J connectivity index is 1.78. The lowest BCUT2D eigenvalue weighted by molar-refractivity contribution is 0.207. The minimum atomic E-state index is -1.11. The molecule has 0 saturated carbocycles. The van der Waals surface area contributed by atoms with Crippen molar-refractivity contribution in [3.63, 3.8) is 0 Å². The number of amides is 2. The van der Waals surface area contributed by atoms with Gasteiger partial charge in [0.2, 0.25) is 0 Å². The van der Waals surface area contributed by atoms with E-state index in [1.807, 2.05) is 54.6 Å². The summed E-state index contributed by atoms with van der Waals surface area (Å²) in [7, 11) is 2.23. The molecule has 1 unspecified atom stereocenters. The number of nitrogens with one attached hydrogen (secondary N) is 1. The highest BCUT2D eigenvalue weighted by atomic mass is 32.2. The summed E-state index contributed by atoms with van der Waals surface area (Å²) in [5.41, 5.74) is 0.986. The molecule has 1 atom stereocenters. The van der Waals surface area contributed by atoms with Gasteiger partial charge in [-0.25, -0.2) is 4.79 Å². The van der Waals surface area contributed by atoms with Crippen LogP contribution in [0.1, 0.15) is 5.56 Å². The van der Waals surface area contributed by atoms with Crippen molar-refractivity contribution in [1.82, 2.24) is 10.2 Å². The van der Waals surface area contributed by atoms with Crippen LogP contribution in [0.4, 0.5) is 4.79 Å². The van der Waals surface area contributed by atoms with Crippen molar-refractivity contribution in [2.45, 2.75) is 11.4 Å². The second kappa shape index (κ2) is 9.08. The molecular formula is C18H22N2O3S.